The molecule has 5 nitrogen and oxygen atoms in total. The number of aromatic nitrogens is 2. The summed E-state index contributed by atoms with van der Waals surface area (Å²) in [6.07, 6.45) is 8.42. The van der Waals surface area contributed by atoms with Gasteiger partial charge in [-0.3, -0.25) is 9.48 Å². The summed E-state index contributed by atoms with van der Waals surface area (Å²) < 4.78 is 15.2. The third-order valence-corrected chi connectivity index (χ3v) is 6.09. The standard InChI is InChI=1S/C21H27FN4O.ClH/c22-17-7-5-16(6-8-17)21(10-1-2-11-21)15-24-20(27)19-9-13-26(25-19)18-4-3-12-23-14-18;/h5-9,13,18,23H,1-4,10-12,14-15H2,(H,24,27);1H. The van der Waals surface area contributed by atoms with Crippen LogP contribution in [-0.4, -0.2) is 35.3 Å². The topological polar surface area (TPSA) is 59.0 Å². The number of hydrogen-bond acceptors (Lipinski definition) is 3. The minimum atomic E-state index is -0.223. The highest BCUT2D eigenvalue weighted by molar-refractivity contribution is 5.92. The molecule has 4 rings (SSSR count). The van der Waals surface area contributed by atoms with Crippen molar-refractivity contribution in [1.29, 1.82) is 0 Å². The number of nitrogens with zero attached hydrogens (tertiary/aromatic N) is 2. The number of nitrogens with one attached hydrogen (secondary N) is 2. The van der Waals surface area contributed by atoms with Gasteiger partial charge in [-0.1, -0.05) is 25.0 Å². The largest absolute Gasteiger partial charge is 0.350 e. The lowest BCUT2D eigenvalue weighted by Gasteiger charge is -2.30. The number of hydrogen-bond donors (Lipinski definition) is 2. The first kappa shape index (κ1) is 20.8. The molecule has 1 amide bonds. The summed E-state index contributed by atoms with van der Waals surface area (Å²) in [6, 6.07) is 8.85. The molecule has 2 aliphatic rings. The number of carbonyl (C=O) groups excluding carboxylic acids is 1. The lowest BCUT2D eigenvalue weighted by Crippen LogP contribution is -2.39. The van der Waals surface area contributed by atoms with E-state index in [1.54, 1.807) is 6.07 Å². The van der Waals surface area contributed by atoms with E-state index in [1.807, 2.05) is 23.0 Å². The molecule has 1 saturated heterocycles. The maximum absolute atomic E-state index is 13.3. The predicted molar refractivity (Wildman–Crippen MR) is 109 cm³/mol. The van der Waals surface area contributed by atoms with Gasteiger partial charge in [0.05, 0.1) is 6.04 Å². The molecule has 0 radical (unpaired) electrons. The lowest BCUT2D eigenvalue weighted by molar-refractivity contribution is 0.0936. The smallest absolute Gasteiger partial charge is 0.271 e. The van der Waals surface area contributed by atoms with Crippen LogP contribution >= 0.6 is 12.4 Å². The van der Waals surface area contributed by atoms with Crippen LogP contribution in [0.15, 0.2) is 36.5 Å². The molecule has 0 spiro atoms. The highest BCUT2D eigenvalue weighted by Crippen LogP contribution is 2.40. The number of rotatable bonds is 5. The normalized spacial score (nSPS) is 21.1. The summed E-state index contributed by atoms with van der Waals surface area (Å²) in [5, 5.41) is 11.0. The Kier molecular flexibility index (Phi) is 6.73. The van der Waals surface area contributed by atoms with Gasteiger partial charge in [0.2, 0.25) is 0 Å². The number of piperidine rings is 1. The third-order valence-electron chi connectivity index (χ3n) is 6.09. The fourth-order valence-electron chi connectivity index (χ4n) is 4.48. The van der Waals surface area contributed by atoms with Gasteiger partial charge in [-0.25, -0.2) is 4.39 Å². The van der Waals surface area contributed by atoms with E-state index in [0.29, 0.717) is 18.3 Å². The number of halogens is 2. The summed E-state index contributed by atoms with van der Waals surface area (Å²) >= 11 is 0. The molecule has 28 heavy (non-hydrogen) atoms. The van der Waals surface area contributed by atoms with Crippen molar-refractivity contribution >= 4 is 18.3 Å². The molecule has 2 N–H and O–H groups in total. The Morgan fingerprint density at radius 3 is 2.64 bits per heavy atom. The van der Waals surface area contributed by atoms with Gasteiger partial charge in [0.15, 0.2) is 0 Å². The highest BCUT2D eigenvalue weighted by atomic mass is 35.5. The van der Waals surface area contributed by atoms with Crippen LogP contribution in [0.5, 0.6) is 0 Å². The third kappa shape index (κ3) is 4.39. The second kappa shape index (κ2) is 9.05. The van der Waals surface area contributed by atoms with Gasteiger partial charge < -0.3 is 10.6 Å². The van der Waals surface area contributed by atoms with E-state index in [9.17, 15) is 9.18 Å². The predicted octanol–water partition coefficient (Wildman–Crippen LogP) is 3.61. The van der Waals surface area contributed by atoms with Crippen LogP contribution in [0.1, 0.15) is 60.6 Å². The number of amides is 1. The van der Waals surface area contributed by atoms with Crippen molar-refractivity contribution in [2.24, 2.45) is 0 Å². The SMILES string of the molecule is Cl.O=C(NCC1(c2ccc(F)cc2)CCCC1)c1ccn(C2CCCNC2)n1. The highest BCUT2D eigenvalue weighted by Gasteiger charge is 2.36. The fraction of sp³-hybridized carbons (Fsp3) is 0.524. The van der Waals surface area contributed by atoms with Crippen molar-refractivity contribution in [3.05, 3.63) is 53.6 Å². The van der Waals surface area contributed by atoms with E-state index in [0.717, 1.165) is 57.2 Å². The molecular formula is C21H28ClFN4O. The second-order valence-corrected chi connectivity index (χ2v) is 7.86. The average Bonchev–Trinajstić information content (AvgIpc) is 3.38. The summed E-state index contributed by atoms with van der Waals surface area (Å²) in [7, 11) is 0. The van der Waals surface area contributed by atoms with Crippen LogP contribution in [0.3, 0.4) is 0 Å². The van der Waals surface area contributed by atoms with E-state index in [-0.39, 0.29) is 29.5 Å². The first-order valence-corrected chi connectivity index (χ1v) is 9.96. The molecule has 2 fully saturated rings. The van der Waals surface area contributed by atoms with Crippen LogP contribution in [-0.2, 0) is 5.41 Å². The van der Waals surface area contributed by atoms with Crippen molar-refractivity contribution in [2.45, 2.75) is 50.0 Å². The Balaban J connectivity index is 0.00000225. The summed E-state index contributed by atoms with van der Waals surface area (Å²) in [4.78, 5) is 12.7. The molecule has 1 aliphatic heterocycles. The zero-order valence-electron chi connectivity index (χ0n) is 16.0. The molecule has 152 valence electrons. The fourth-order valence-corrected chi connectivity index (χ4v) is 4.48. The Bertz CT molecular complexity index is 780. The molecule has 1 saturated carbocycles. The molecule has 1 aromatic carbocycles. The van der Waals surface area contributed by atoms with Gasteiger partial charge in [-0.2, -0.15) is 5.10 Å². The van der Waals surface area contributed by atoms with Gasteiger partial charge in [0.1, 0.15) is 11.5 Å². The Labute approximate surface area is 171 Å². The van der Waals surface area contributed by atoms with Crippen molar-refractivity contribution in [1.82, 2.24) is 20.4 Å². The monoisotopic (exact) mass is 406 g/mol. The molecule has 2 heterocycles. The minimum Gasteiger partial charge on any atom is -0.350 e. The number of carbonyl (C=O) groups is 1. The van der Waals surface area contributed by atoms with Crippen LogP contribution < -0.4 is 10.6 Å². The van der Waals surface area contributed by atoms with Crippen molar-refractivity contribution < 1.29 is 9.18 Å². The van der Waals surface area contributed by atoms with E-state index >= 15 is 0 Å². The maximum Gasteiger partial charge on any atom is 0.271 e. The van der Waals surface area contributed by atoms with Crippen LogP contribution in [0.4, 0.5) is 4.39 Å². The van der Waals surface area contributed by atoms with Gasteiger partial charge in [0.25, 0.3) is 5.91 Å². The number of benzene rings is 1. The molecule has 0 bridgehead atoms. The molecular weight excluding hydrogens is 379 g/mol. The quantitative estimate of drug-likeness (QED) is 0.797. The van der Waals surface area contributed by atoms with Gasteiger partial charge in [-0.05, 0) is 56.0 Å². The van der Waals surface area contributed by atoms with Crippen molar-refractivity contribution in [3.8, 4) is 0 Å². The van der Waals surface area contributed by atoms with Gasteiger partial charge in [-0.15, -0.1) is 12.4 Å². The Morgan fingerprint density at radius 2 is 1.96 bits per heavy atom. The van der Waals surface area contributed by atoms with Gasteiger partial charge in [0, 0.05) is 24.7 Å². The second-order valence-electron chi connectivity index (χ2n) is 7.86. The van der Waals surface area contributed by atoms with Crippen LogP contribution in [0.25, 0.3) is 0 Å². The zero-order valence-corrected chi connectivity index (χ0v) is 16.8. The molecule has 7 heteroatoms. The first-order chi connectivity index (χ1) is 13.2. The molecule has 1 aromatic heterocycles. The van der Waals surface area contributed by atoms with Gasteiger partial charge >= 0.3 is 0 Å². The maximum atomic E-state index is 13.3. The lowest BCUT2D eigenvalue weighted by atomic mass is 9.79. The van der Waals surface area contributed by atoms with E-state index in [1.165, 1.54) is 12.1 Å². The van der Waals surface area contributed by atoms with Crippen LogP contribution in [0.2, 0.25) is 0 Å². The van der Waals surface area contributed by atoms with Crippen LogP contribution in [0, 0.1) is 5.82 Å². The Hall–Kier alpha value is -1.92. The molecule has 1 aliphatic carbocycles. The summed E-state index contributed by atoms with van der Waals surface area (Å²) in [5.41, 5.74) is 1.48. The average molecular weight is 407 g/mol. The Morgan fingerprint density at radius 1 is 1.21 bits per heavy atom. The molecule has 2 aromatic rings. The first-order valence-electron chi connectivity index (χ1n) is 9.96. The van der Waals surface area contributed by atoms with E-state index < -0.39 is 0 Å². The zero-order chi connectivity index (χ0) is 18.7. The van der Waals surface area contributed by atoms with Crippen molar-refractivity contribution in [2.75, 3.05) is 19.6 Å². The molecule has 1 unspecified atom stereocenters. The summed E-state index contributed by atoms with van der Waals surface area (Å²) in [6.45, 7) is 2.52. The van der Waals surface area contributed by atoms with E-state index in [4.69, 9.17) is 0 Å². The minimum absolute atomic E-state index is 0. The van der Waals surface area contributed by atoms with E-state index in [2.05, 4.69) is 15.7 Å². The summed E-state index contributed by atoms with van der Waals surface area (Å²) in [5.74, 6) is -0.357. The molecule has 1 atom stereocenters. The van der Waals surface area contributed by atoms with Crippen molar-refractivity contribution in [3.63, 3.8) is 0 Å².